The van der Waals surface area contributed by atoms with Crippen molar-refractivity contribution < 1.29 is 18.5 Å². The van der Waals surface area contributed by atoms with Crippen molar-refractivity contribution in [2.45, 2.75) is 82.1 Å². The normalized spacial score (nSPS) is 20.0. The minimum atomic E-state index is -3.50. The summed E-state index contributed by atoms with van der Waals surface area (Å²) < 4.78 is 27.4. The van der Waals surface area contributed by atoms with Crippen molar-refractivity contribution in [2.24, 2.45) is 0 Å². The second-order valence-corrected chi connectivity index (χ2v) is 10.5. The van der Waals surface area contributed by atoms with E-state index in [1.807, 2.05) is 6.92 Å². The molecule has 1 saturated heterocycles. The zero-order chi connectivity index (χ0) is 20.7. The minimum absolute atomic E-state index is 0.0670. The number of hydrogen-bond donors (Lipinski definition) is 2. The lowest BCUT2D eigenvalue weighted by molar-refractivity contribution is -0.680. The van der Waals surface area contributed by atoms with Crippen LogP contribution in [0.25, 0.3) is 0 Å². The van der Waals surface area contributed by atoms with Crippen LogP contribution >= 0.6 is 0 Å². The molecule has 1 aromatic rings. The molecule has 1 amide bonds. The van der Waals surface area contributed by atoms with Gasteiger partial charge < -0.3 is 10.6 Å². The number of amides is 1. The van der Waals surface area contributed by atoms with Crippen LogP contribution in [-0.4, -0.2) is 44.3 Å². The van der Waals surface area contributed by atoms with E-state index < -0.39 is 10.0 Å². The van der Waals surface area contributed by atoms with Crippen LogP contribution in [-0.2, 0) is 14.8 Å². The first-order valence-electron chi connectivity index (χ1n) is 11.2. The molecule has 162 valence electrons. The van der Waals surface area contributed by atoms with Crippen LogP contribution in [0.3, 0.4) is 0 Å². The van der Waals surface area contributed by atoms with E-state index in [2.05, 4.69) is 10.6 Å². The second-order valence-electron chi connectivity index (χ2n) is 8.53. The first-order chi connectivity index (χ1) is 14.0. The number of nitrogens with zero attached hydrogens (tertiary/aromatic N) is 1. The highest BCUT2D eigenvalue weighted by Crippen LogP contribution is 2.25. The third kappa shape index (κ3) is 6.27. The topological polar surface area (TPSA) is 83.1 Å². The number of aryl methyl sites for hydroxylation is 1. The SMILES string of the molecule is Cc1ccc(S(=O)(=O)N2CCCCC2)cc1NC(=O)C[NH2+]C1CCCCCCC1. The number of nitrogens with two attached hydrogens (primary N) is 1. The maximum atomic E-state index is 12.9. The van der Waals surface area contributed by atoms with Gasteiger partial charge in [0, 0.05) is 18.8 Å². The molecule has 1 heterocycles. The van der Waals surface area contributed by atoms with Crippen LogP contribution in [0.2, 0.25) is 0 Å². The van der Waals surface area contributed by atoms with Crippen molar-refractivity contribution in [3.8, 4) is 0 Å². The van der Waals surface area contributed by atoms with E-state index in [1.165, 1.54) is 44.9 Å². The van der Waals surface area contributed by atoms with Crippen molar-refractivity contribution >= 4 is 21.6 Å². The molecule has 1 aliphatic carbocycles. The van der Waals surface area contributed by atoms with Crippen molar-refractivity contribution in [3.63, 3.8) is 0 Å². The molecule has 0 atom stereocenters. The van der Waals surface area contributed by atoms with Crippen molar-refractivity contribution in [1.29, 1.82) is 0 Å². The van der Waals surface area contributed by atoms with E-state index in [0.29, 0.717) is 31.4 Å². The molecule has 6 nitrogen and oxygen atoms in total. The Kier molecular flexibility index (Phi) is 8.09. The molecule has 0 spiro atoms. The number of quaternary nitrogens is 1. The summed E-state index contributed by atoms with van der Waals surface area (Å²) in [4.78, 5) is 12.8. The van der Waals surface area contributed by atoms with E-state index in [0.717, 1.165) is 24.8 Å². The lowest BCUT2D eigenvalue weighted by Gasteiger charge is -2.26. The molecular formula is C22H36N3O3S+. The van der Waals surface area contributed by atoms with Gasteiger partial charge in [0.15, 0.2) is 6.54 Å². The van der Waals surface area contributed by atoms with Crippen molar-refractivity contribution in [2.75, 3.05) is 25.0 Å². The van der Waals surface area contributed by atoms with Crippen LogP contribution in [0.15, 0.2) is 23.1 Å². The first-order valence-corrected chi connectivity index (χ1v) is 12.6. The van der Waals surface area contributed by atoms with Crippen LogP contribution < -0.4 is 10.6 Å². The molecule has 0 bridgehead atoms. The zero-order valence-corrected chi connectivity index (χ0v) is 18.5. The van der Waals surface area contributed by atoms with Gasteiger partial charge in [0.1, 0.15) is 0 Å². The highest BCUT2D eigenvalue weighted by molar-refractivity contribution is 7.89. The monoisotopic (exact) mass is 422 g/mol. The number of hydrogen-bond acceptors (Lipinski definition) is 3. The zero-order valence-electron chi connectivity index (χ0n) is 17.7. The Hall–Kier alpha value is -1.44. The maximum Gasteiger partial charge on any atom is 0.279 e. The predicted octanol–water partition coefficient (Wildman–Crippen LogP) is 2.78. The molecule has 1 aliphatic heterocycles. The molecule has 0 unspecified atom stereocenters. The average Bonchev–Trinajstić information content (AvgIpc) is 2.69. The van der Waals surface area contributed by atoms with Gasteiger partial charge in [-0.05, 0) is 63.1 Å². The summed E-state index contributed by atoms with van der Waals surface area (Å²) >= 11 is 0. The smallest absolute Gasteiger partial charge is 0.279 e. The number of sulfonamides is 1. The summed E-state index contributed by atoms with van der Waals surface area (Å²) in [5.41, 5.74) is 1.47. The fourth-order valence-corrected chi connectivity index (χ4v) is 5.89. The highest BCUT2D eigenvalue weighted by atomic mass is 32.2. The van der Waals surface area contributed by atoms with Crippen LogP contribution in [0.5, 0.6) is 0 Å². The van der Waals surface area contributed by atoms with E-state index >= 15 is 0 Å². The summed E-state index contributed by atoms with van der Waals surface area (Å²) in [6.07, 6.45) is 11.7. The molecule has 1 saturated carbocycles. The average molecular weight is 423 g/mol. The standard InChI is InChI=1S/C22H35N3O3S/c1-18-12-13-20(29(27,28)25-14-8-5-9-15-25)16-21(18)24-22(26)17-23-19-10-6-3-2-4-7-11-19/h12-13,16,19,23H,2-11,14-15,17H2,1H3,(H,24,26)/p+1. The van der Waals surface area contributed by atoms with E-state index in [1.54, 1.807) is 22.5 Å². The number of rotatable bonds is 6. The Morgan fingerprint density at radius 3 is 2.34 bits per heavy atom. The third-order valence-corrected chi connectivity index (χ3v) is 8.12. The van der Waals surface area contributed by atoms with Gasteiger partial charge >= 0.3 is 0 Å². The van der Waals surface area contributed by atoms with Crippen LogP contribution in [0, 0.1) is 6.92 Å². The molecule has 0 aromatic heterocycles. The Morgan fingerprint density at radius 2 is 1.66 bits per heavy atom. The molecule has 29 heavy (non-hydrogen) atoms. The van der Waals surface area contributed by atoms with Gasteiger partial charge in [-0.2, -0.15) is 4.31 Å². The fraction of sp³-hybridized carbons (Fsp3) is 0.682. The largest absolute Gasteiger partial charge is 0.336 e. The minimum Gasteiger partial charge on any atom is -0.336 e. The number of anilines is 1. The predicted molar refractivity (Wildman–Crippen MR) is 115 cm³/mol. The summed E-state index contributed by atoms with van der Waals surface area (Å²) in [7, 11) is -3.50. The van der Waals surface area contributed by atoms with Gasteiger partial charge in [0.25, 0.3) is 5.91 Å². The van der Waals surface area contributed by atoms with Crippen LogP contribution in [0.1, 0.15) is 69.8 Å². The van der Waals surface area contributed by atoms with E-state index in [4.69, 9.17) is 0 Å². The number of carbonyl (C=O) groups excluding carboxylic acids is 1. The number of benzene rings is 1. The Bertz CT molecular complexity index is 780. The van der Waals surface area contributed by atoms with Gasteiger partial charge in [-0.25, -0.2) is 8.42 Å². The number of piperidine rings is 1. The van der Waals surface area contributed by atoms with E-state index in [-0.39, 0.29) is 10.8 Å². The molecule has 0 radical (unpaired) electrons. The molecular weight excluding hydrogens is 386 g/mol. The van der Waals surface area contributed by atoms with Crippen LogP contribution in [0.4, 0.5) is 5.69 Å². The first kappa shape index (κ1) is 22.2. The summed E-state index contributed by atoms with van der Waals surface area (Å²) in [6.45, 7) is 3.43. The molecule has 2 fully saturated rings. The second kappa shape index (κ2) is 10.5. The Labute approximate surface area is 175 Å². The maximum absolute atomic E-state index is 12.9. The van der Waals surface area contributed by atoms with Gasteiger partial charge in [0.2, 0.25) is 10.0 Å². The van der Waals surface area contributed by atoms with Gasteiger partial charge in [-0.3, -0.25) is 4.79 Å². The van der Waals surface area contributed by atoms with E-state index in [9.17, 15) is 13.2 Å². The molecule has 1 aromatic carbocycles. The lowest BCUT2D eigenvalue weighted by atomic mass is 9.97. The van der Waals surface area contributed by atoms with Crippen molar-refractivity contribution in [3.05, 3.63) is 23.8 Å². The highest BCUT2D eigenvalue weighted by Gasteiger charge is 2.26. The van der Waals surface area contributed by atoms with Crippen molar-refractivity contribution in [1.82, 2.24) is 4.31 Å². The van der Waals surface area contributed by atoms with Gasteiger partial charge in [0.05, 0.1) is 10.9 Å². The molecule has 3 rings (SSSR count). The summed E-state index contributed by atoms with van der Waals surface area (Å²) in [5.74, 6) is -0.0670. The Balaban J connectivity index is 1.61. The lowest BCUT2D eigenvalue weighted by Crippen LogP contribution is -2.91. The molecule has 2 aliphatic rings. The van der Waals surface area contributed by atoms with Gasteiger partial charge in [-0.15, -0.1) is 0 Å². The quantitative estimate of drug-likeness (QED) is 0.739. The Morgan fingerprint density at radius 1 is 1.03 bits per heavy atom. The molecule has 7 heteroatoms. The third-order valence-electron chi connectivity index (χ3n) is 6.22. The number of nitrogens with one attached hydrogen (secondary N) is 1. The van der Waals surface area contributed by atoms with Gasteiger partial charge in [-0.1, -0.05) is 31.7 Å². The molecule has 3 N–H and O–H groups in total. The summed E-state index contributed by atoms with van der Waals surface area (Å²) in [6, 6.07) is 5.57. The summed E-state index contributed by atoms with van der Waals surface area (Å²) in [5, 5.41) is 5.10. The fourth-order valence-electron chi connectivity index (χ4n) is 4.35. The number of carbonyl (C=O) groups is 1.